The van der Waals surface area contributed by atoms with Crippen molar-refractivity contribution in [3.05, 3.63) is 41.2 Å². The summed E-state index contributed by atoms with van der Waals surface area (Å²) in [4.78, 5) is 4.70. The van der Waals surface area contributed by atoms with Gasteiger partial charge in [-0.2, -0.15) is 5.10 Å². The molecular weight excluding hydrogens is 354 g/mol. The molecule has 0 aliphatic carbocycles. The van der Waals surface area contributed by atoms with Gasteiger partial charge in [0, 0.05) is 31.7 Å². The lowest BCUT2D eigenvalue weighted by Crippen LogP contribution is -2.38. The minimum absolute atomic E-state index is 0.587. The Morgan fingerprint density at radius 3 is 2.71 bits per heavy atom. The average Bonchev–Trinajstić information content (AvgIpc) is 2.87. The molecule has 0 amide bonds. The van der Waals surface area contributed by atoms with Crippen molar-refractivity contribution in [2.45, 2.75) is 46.7 Å². The Hall–Kier alpha value is -2.70. The number of hydrogen-bond donors (Lipinski definition) is 2. The van der Waals surface area contributed by atoms with Crippen molar-refractivity contribution in [1.82, 2.24) is 20.4 Å². The van der Waals surface area contributed by atoms with Crippen LogP contribution in [0.3, 0.4) is 0 Å². The first-order valence-corrected chi connectivity index (χ1v) is 10.1. The quantitative estimate of drug-likeness (QED) is 0.436. The monoisotopic (exact) mass is 385 g/mol. The van der Waals surface area contributed by atoms with Crippen molar-refractivity contribution < 1.29 is 9.47 Å². The highest BCUT2D eigenvalue weighted by molar-refractivity contribution is 5.79. The number of fused-ring (bicyclic) bond motifs is 1. The van der Waals surface area contributed by atoms with Crippen LogP contribution in [-0.4, -0.2) is 42.0 Å². The van der Waals surface area contributed by atoms with Gasteiger partial charge < -0.3 is 20.1 Å². The second kappa shape index (κ2) is 10.0. The average molecular weight is 386 g/mol. The predicted molar refractivity (Wildman–Crippen MR) is 111 cm³/mol. The molecule has 1 aliphatic heterocycles. The van der Waals surface area contributed by atoms with Crippen LogP contribution in [0.5, 0.6) is 11.5 Å². The molecule has 0 bridgehead atoms. The molecule has 0 saturated carbocycles. The van der Waals surface area contributed by atoms with E-state index >= 15 is 0 Å². The normalized spacial score (nSPS) is 13.9. The summed E-state index contributed by atoms with van der Waals surface area (Å²) in [6, 6.07) is 8.15. The summed E-state index contributed by atoms with van der Waals surface area (Å²) < 4.78 is 13.5. The maximum absolute atomic E-state index is 5.76. The van der Waals surface area contributed by atoms with Crippen molar-refractivity contribution >= 4 is 5.96 Å². The summed E-state index contributed by atoms with van der Waals surface area (Å²) in [5, 5.41) is 11.2. The standard InChI is InChI=1S/C21H31N5O2/c1-4-22-21(23-9-5-10-26-17(3)13-16(2)25-26)24-15-18-7-8-19-20(14-18)28-12-6-11-27-19/h7-8,13-14H,4-6,9-12,15H2,1-3H3,(H2,22,23,24). The Balaban J connectivity index is 1.52. The Bertz CT molecular complexity index is 800. The molecule has 0 spiro atoms. The molecule has 1 aromatic heterocycles. The molecule has 3 rings (SSSR count). The van der Waals surface area contributed by atoms with E-state index in [1.54, 1.807) is 0 Å². The molecule has 0 atom stereocenters. The molecule has 2 aromatic rings. The van der Waals surface area contributed by atoms with Crippen molar-refractivity contribution in [2.75, 3.05) is 26.3 Å². The topological polar surface area (TPSA) is 72.7 Å². The van der Waals surface area contributed by atoms with Gasteiger partial charge >= 0.3 is 0 Å². The lowest BCUT2D eigenvalue weighted by atomic mass is 10.2. The fourth-order valence-electron chi connectivity index (χ4n) is 3.16. The molecule has 7 heteroatoms. The minimum Gasteiger partial charge on any atom is -0.490 e. The number of hydrogen-bond acceptors (Lipinski definition) is 4. The van der Waals surface area contributed by atoms with E-state index in [1.165, 1.54) is 5.69 Å². The van der Waals surface area contributed by atoms with Crippen LogP contribution in [0.2, 0.25) is 0 Å². The number of nitrogens with one attached hydrogen (secondary N) is 2. The fourth-order valence-corrected chi connectivity index (χ4v) is 3.16. The smallest absolute Gasteiger partial charge is 0.191 e. The number of rotatable bonds is 7. The first-order valence-electron chi connectivity index (χ1n) is 10.1. The lowest BCUT2D eigenvalue weighted by molar-refractivity contribution is 0.297. The van der Waals surface area contributed by atoms with E-state index in [1.807, 2.05) is 25.1 Å². The molecule has 7 nitrogen and oxygen atoms in total. The summed E-state index contributed by atoms with van der Waals surface area (Å²) in [5.74, 6) is 2.45. The van der Waals surface area contributed by atoms with Crippen LogP contribution in [0.4, 0.5) is 0 Å². The Morgan fingerprint density at radius 2 is 1.96 bits per heavy atom. The second-order valence-corrected chi connectivity index (χ2v) is 6.96. The van der Waals surface area contributed by atoms with E-state index in [2.05, 4.69) is 40.3 Å². The molecule has 28 heavy (non-hydrogen) atoms. The number of benzene rings is 1. The number of aryl methyl sites for hydroxylation is 3. The molecule has 152 valence electrons. The largest absolute Gasteiger partial charge is 0.490 e. The van der Waals surface area contributed by atoms with Crippen LogP contribution in [0, 0.1) is 13.8 Å². The van der Waals surface area contributed by atoms with Gasteiger partial charge in [-0.25, -0.2) is 4.99 Å². The second-order valence-electron chi connectivity index (χ2n) is 6.96. The van der Waals surface area contributed by atoms with Gasteiger partial charge in [-0.15, -0.1) is 0 Å². The molecule has 0 radical (unpaired) electrons. The Labute approximate surface area is 167 Å². The third-order valence-corrected chi connectivity index (χ3v) is 4.52. The summed E-state index contributed by atoms with van der Waals surface area (Å²) >= 11 is 0. The molecule has 0 fully saturated rings. The van der Waals surface area contributed by atoms with Gasteiger partial charge in [-0.05, 0) is 51.0 Å². The minimum atomic E-state index is 0.587. The number of aliphatic imine (C=N–C) groups is 1. The molecule has 2 N–H and O–H groups in total. The Kier molecular flexibility index (Phi) is 7.17. The summed E-state index contributed by atoms with van der Waals surface area (Å²) in [5.41, 5.74) is 3.37. The van der Waals surface area contributed by atoms with Crippen LogP contribution >= 0.6 is 0 Å². The number of guanidine groups is 1. The summed E-state index contributed by atoms with van der Waals surface area (Å²) in [6.45, 7) is 10.7. The van der Waals surface area contributed by atoms with Crippen LogP contribution in [0.25, 0.3) is 0 Å². The van der Waals surface area contributed by atoms with E-state index in [-0.39, 0.29) is 0 Å². The zero-order valence-corrected chi connectivity index (χ0v) is 17.1. The number of aromatic nitrogens is 2. The van der Waals surface area contributed by atoms with E-state index in [0.29, 0.717) is 19.8 Å². The highest BCUT2D eigenvalue weighted by Gasteiger charge is 2.10. The van der Waals surface area contributed by atoms with Crippen molar-refractivity contribution in [1.29, 1.82) is 0 Å². The summed E-state index contributed by atoms with van der Waals surface area (Å²) in [7, 11) is 0. The maximum atomic E-state index is 5.76. The predicted octanol–water partition coefficient (Wildman–Crippen LogP) is 2.81. The van der Waals surface area contributed by atoms with E-state index in [4.69, 9.17) is 14.5 Å². The highest BCUT2D eigenvalue weighted by Crippen LogP contribution is 2.30. The first-order chi connectivity index (χ1) is 13.7. The molecule has 1 aromatic carbocycles. The van der Waals surface area contributed by atoms with Crippen LogP contribution < -0.4 is 20.1 Å². The third kappa shape index (κ3) is 5.65. The maximum Gasteiger partial charge on any atom is 0.191 e. The molecular formula is C21H31N5O2. The van der Waals surface area contributed by atoms with Crippen LogP contribution in [0.15, 0.2) is 29.3 Å². The third-order valence-electron chi connectivity index (χ3n) is 4.52. The van der Waals surface area contributed by atoms with Crippen LogP contribution in [-0.2, 0) is 13.1 Å². The fraction of sp³-hybridized carbons (Fsp3) is 0.524. The first kappa shape index (κ1) is 20.0. The van der Waals surface area contributed by atoms with E-state index < -0.39 is 0 Å². The zero-order chi connectivity index (χ0) is 19.8. The van der Waals surface area contributed by atoms with Gasteiger partial charge in [0.05, 0.1) is 25.5 Å². The number of ether oxygens (including phenoxy) is 2. The molecule has 0 saturated heterocycles. The molecule has 0 unspecified atom stereocenters. The molecule has 1 aliphatic rings. The van der Waals surface area contributed by atoms with Crippen molar-refractivity contribution in [3.63, 3.8) is 0 Å². The van der Waals surface area contributed by atoms with Gasteiger partial charge in [0.25, 0.3) is 0 Å². The zero-order valence-electron chi connectivity index (χ0n) is 17.1. The van der Waals surface area contributed by atoms with Gasteiger partial charge in [0.15, 0.2) is 17.5 Å². The SMILES string of the molecule is CCNC(=NCc1ccc2c(c1)OCCCO2)NCCCn1nc(C)cc1C. The van der Waals surface area contributed by atoms with Crippen LogP contribution in [0.1, 0.15) is 36.7 Å². The van der Waals surface area contributed by atoms with Crippen molar-refractivity contribution in [3.8, 4) is 11.5 Å². The van der Waals surface area contributed by atoms with E-state index in [0.717, 1.165) is 61.2 Å². The van der Waals surface area contributed by atoms with E-state index in [9.17, 15) is 0 Å². The molecule has 2 heterocycles. The van der Waals surface area contributed by atoms with Gasteiger partial charge in [0.1, 0.15) is 0 Å². The summed E-state index contributed by atoms with van der Waals surface area (Å²) in [6.07, 6.45) is 1.89. The van der Waals surface area contributed by atoms with Gasteiger partial charge in [0.2, 0.25) is 0 Å². The van der Waals surface area contributed by atoms with Gasteiger partial charge in [-0.1, -0.05) is 6.07 Å². The van der Waals surface area contributed by atoms with Gasteiger partial charge in [-0.3, -0.25) is 4.68 Å². The van der Waals surface area contributed by atoms with Crippen molar-refractivity contribution in [2.24, 2.45) is 4.99 Å². The number of nitrogens with zero attached hydrogens (tertiary/aromatic N) is 3. The lowest BCUT2D eigenvalue weighted by Gasteiger charge is -2.12. The highest BCUT2D eigenvalue weighted by atomic mass is 16.5. The Morgan fingerprint density at radius 1 is 1.14 bits per heavy atom.